The maximum Gasteiger partial charge on any atom is 0.240 e. The van der Waals surface area contributed by atoms with Gasteiger partial charge in [-0.05, 0) is 56.5 Å². The molecule has 0 aromatic heterocycles. The zero-order chi connectivity index (χ0) is 14.7. The number of benzene rings is 1. The first-order valence-electron chi connectivity index (χ1n) is 7.33. The molecule has 2 rings (SSSR count). The fourth-order valence-electron chi connectivity index (χ4n) is 2.81. The molecular weight excluding hydrogens is 250 g/mol. The molecule has 2 N–H and O–H groups in total. The van der Waals surface area contributed by atoms with Crippen molar-refractivity contribution in [3.8, 4) is 0 Å². The lowest BCUT2D eigenvalue weighted by molar-refractivity contribution is -0.120. The molecule has 1 saturated heterocycles. The largest absolute Gasteiger partial charge is 0.399 e. The van der Waals surface area contributed by atoms with Crippen LogP contribution in [0, 0.1) is 5.92 Å². The van der Waals surface area contributed by atoms with Crippen LogP contribution in [0.2, 0.25) is 0 Å². The standard InChI is InChI=1S/C16H25N3O/c1-12-8-9-19(13(2)10-12)11-16(20)18(3)15-6-4-14(17)5-7-15/h4-7,12-13H,8-11,17H2,1-3H3. The van der Waals surface area contributed by atoms with E-state index in [0.717, 1.165) is 18.2 Å². The van der Waals surface area contributed by atoms with Gasteiger partial charge in [0.2, 0.25) is 5.91 Å². The second-order valence-electron chi connectivity index (χ2n) is 5.99. The number of nitrogens with two attached hydrogens (primary N) is 1. The molecule has 0 aliphatic carbocycles. The maximum atomic E-state index is 12.4. The number of hydrogen-bond acceptors (Lipinski definition) is 3. The van der Waals surface area contributed by atoms with Crippen molar-refractivity contribution in [2.24, 2.45) is 5.92 Å². The van der Waals surface area contributed by atoms with E-state index in [-0.39, 0.29) is 5.91 Å². The molecule has 1 amide bonds. The van der Waals surface area contributed by atoms with Crippen LogP contribution in [-0.2, 0) is 4.79 Å². The van der Waals surface area contributed by atoms with E-state index in [4.69, 9.17) is 5.73 Å². The van der Waals surface area contributed by atoms with Crippen LogP contribution in [-0.4, -0.2) is 37.0 Å². The van der Waals surface area contributed by atoms with Crippen molar-refractivity contribution in [1.82, 2.24) is 4.90 Å². The first kappa shape index (κ1) is 14.9. The summed E-state index contributed by atoms with van der Waals surface area (Å²) in [6.45, 7) is 6.01. The van der Waals surface area contributed by atoms with Crippen LogP contribution in [0.3, 0.4) is 0 Å². The number of carbonyl (C=O) groups is 1. The third kappa shape index (κ3) is 3.51. The Morgan fingerprint density at radius 1 is 1.35 bits per heavy atom. The highest BCUT2D eigenvalue weighted by molar-refractivity contribution is 5.94. The van der Waals surface area contributed by atoms with Crippen LogP contribution >= 0.6 is 0 Å². The van der Waals surface area contributed by atoms with E-state index in [1.165, 1.54) is 12.8 Å². The molecule has 0 spiro atoms. The van der Waals surface area contributed by atoms with Crippen LogP contribution in [0.1, 0.15) is 26.7 Å². The number of likely N-dealkylation sites (N-methyl/N-ethyl adjacent to an activating group) is 1. The number of nitrogens with zero attached hydrogens (tertiary/aromatic N) is 2. The topological polar surface area (TPSA) is 49.6 Å². The molecule has 110 valence electrons. The summed E-state index contributed by atoms with van der Waals surface area (Å²) in [5, 5.41) is 0. The summed E-state index contributed by atoms with van der Waals surface area (Å²) in [5.74, 6) is 0.905. The molecular formula is C16H25N3O. The van der Waals surface area contributed by atoms with E-state index in [2.05, 4.69) is 18.7 Å². The van der Waals surface area contributed by atoms with E-state index in [0.29, 0.717) is 18.3 Å². The minimum atomic E-state index is 0.135. The molecule has 0 bridgehead atoms. The molecule has 1 fully saturated rings. The lowest BCUT2D eigenvalue weighted by atomic mass is 9.93. The summed E-state index contributed by atoms with van der Waals surface area (Å²) in [5.41, 5.74) is 7.28. The summed E-state index contributed by atoms with van der Waals surface area (Å²) in [6.07, 6.45) is 2.36. The number of carbonyl (C=O) groups excluding carboxylic acids is 1. The Balaban J connectivity index is 1.95. The Morgan fingerprint density at radius 2 is 2.00 bits per heavy atom. The van der Waals surface area contributed by atoms with Crippen molar-refractivity contribution in [1.29, 1.82) is 0 Å². The van der Waals surface area contributed by atoms with Gasteiger partial charge >= 0.3 is 0 Å². The Hall–Kier alpha value is -1.55. The Morgan fingerprint density at radius 3 is 2.60 bits per heavy atom. The summed E-state index contributed by atoms with van der Waals surface area (Å²) >= 11 is 0. The Bertz CT molecular complexity index is 457. The first-order chi connectivity index (χ1) is 9.47. The summed E-state index contributed by atoms with van der Waals surface area (Å²) in [4.78, 5) is 16.4. The number of amides is 1. The van der Waals surface area contributed by atoms with Gasteiger partial charge in [-0.3, -0.25) is 9.69 Å². The molecule has 4 nitrogen and oxygen atoms in total. The minimum absolute atomic E-state index is 0.135. The van der Waals surface area contributed by atoms with Gasteiger partial charge in [-0.15, -0.1) is 0 Å². The van der Waals surface area contributed by atoms with Crippen LogP contribution in [0.15, 0.2) is 24.3 Å². The fraction of sp³-hybridized carbons (Fsp3) is 0.562. The van der Waals surface area contributed by atoms with E-state index >= 15 is 0 Å². The predicted molar refractivity (Wildman–Crippen MR) is 83.7 cm³/mol. The molecule has 2 unspecified atom stereocenters. The molecule has 1 heterocycles. The normalized spacial score (nSPS) is 23.6. The fourth-order valence-corrected chi connectivity index (χ4v) is 2.81. The smallest absolute Gasteiger partial charge is 0.240 e. The lowest BCUT2D eigenvalue weighted by Gasteiger charge is -2.36. The van der Waals surface area contributed by atoms with Crippen molar-refractivity contribution in [3.63, 3.8) is 0 Å². The monoisotopic (exact) mass is 275 g/mol. The molecule has 2 atom stereocenters. The van der Waals surface area contributed by atoms with Crippen LogP contribution in [0.4, 0.5) is 11.4 Å². The highest BCUT2D eigenvalue weighted by Gasteiger charge is 2.25. The van der Waals surface area contributed by atoms with Crippen molar-refractivity contribution >= 4 is 17.3 Å². The second-order valence-corrected chi connectivity index (χ2v) is 5.99. The Kier molecular flexibility index (Phi) is 4.65. The van der Waals surface area contributed by atoms with Crippen molar-refractivity contribution in [3.05, 3.63) is 24.3 Å². The number of rotatable bonds is 3. The van der Waals surface area contributed by atoms with Crippen molar-refractivity contribution in [2.45, 2.75) is 32.7 Å². The zero-order valence-electron chi connectivity index (χ0n) is 12.7. The number of anilines is 2. The second kappa shape index (κ2) is 6.27. The van der Waals surface area contributed by atoms with Crippen LogP contribution < -0.4 is 10.6 Å². The molecule has 1 aliphatic heterocycles. The van der Waals surface area contributed by atoms with Gasteiger partial charge in [0.05, 0.1) is 6.54 Å². The first-order valence-corrected chi connectivity index (χ1v) is 7.33. The van der Waals surface area contributed by atoms with Gasteiger partial charge < -0.3 is 10.6 Å². The highest BCUT2D eigenvalue weighted by atomic mass is 16.2. The average molecular weight is 275 g/mol. The SMILES string of the molecule is CC1CCN(CC(=O)N(C)c2ccc(N)cc2)C(C)C1. The predicted octanol–water partition coefficient (Wildman–Crippen LogP) is 2.35. The van der Waals surface area contributed by atoms with E-state index in [1.807, 2.05) is 31.3 Å². The number of nitrogen functional groups attached to an aromatic ring is 1. The minimum Gasteiger partial charge on any atom is -0.399 e. The van der Waals surface area contributed by atoms with Gasteiger partial charge in [-0.2, -0.15) is 0 Å². The van der Waals surface area contributed by atoms with E-state index < -0.39 is 0 Å². The lowest BCUT2D eigenvalue weighted by Crippen LogP contribution is -2.46. The molecule has 4 heteroatoms. The maximum absolute atomic E-state index is 12.4. The molecule has 1 aromatic rings. The van der Waals surface area contributed by atoms with Crippen LogP contribution in [0.5, 0.6) is 0 Å². The number of piperidine rings is 1. The molecule has 1 aromatic carbocycles. The summed E-state index contributed by atoms with van der Waals surface area (Å²) in [6, 6.07) is 7.90. The molecule has 20 heavy (non-hydrogen) atoms. The van der Waals surface area contributed by atoms with Gasteiger partial charge in [0.1, 0.15) is 0 Å². The third-order valence-electron chi connectivity index (χ3n) is 4.27. The number of likely N-dealkylation sites (tertiary alicyclic amines) is 1. The number of hydrogen-bond donors (Lipinski definition) is 1. The summed E-state index contributed by atoms with van der Waals surface area (Å²) in [7, 11) is 1.82. The molecule has 0 saturated carbocycles. The summed E-state index contributed by atoms with van der Waals surface area (Å²) < 4.78 is 0. The molecule has 0 radical (unpaired) electrons. The molecule has 1 aliphatic rings. The van der Waals surface area contributed by atoms with Crippen molar-refractivity contribution < 1.29 is 4.79 Å². The van der Waals surface area contributed by atoms with Gasteiger partial charge in [0.25, 0.3) is 0 Å². The van der Waals surface area contributed by atoms with Gasteiger partial charge in [-0.25, -0.2) is 0 Å². The average Bonchev–Trinajstić information content (AvgIpc) is 2.42. The van der Waals surface area contributed by atoms with Gasteiger partial charge in [-0.1, -0.05) is 6.92 Å². The third-order valence-corrected chi connectivity index (χ3v) is 4.27. The highest BCUT2D eigenvalue weighted by Crippen LogP contribution is 2.22. The van der Waals surface area contributed by atoms with Gasteiger partial charge in [0.15, 0.2) is 0 Å². The zero-order valence-corrected chi connectivity index (χ0v) is 12.7. The van der Waals surface area contributed by atoms with Gasteiger partial charge in [0, 0.05) is 24.5 Å². The van der Waals surface area contributed by atoms with Crippen LogP contribution in [0.25, 0.3) is 0 Å². The van der Waals surface area contributed by atoms with E-state index in [1.54, 1.807) is 4.90 Å². The van der Waals surface area contributed by atoms with E-state index in [9.17, 15) is 4.79 Å². The quantitative estimate of drug-likeness (QED) is 0.862. The van der Waals surface area contributed by atoms with Crippen molar-refractivity contribution in [2.75, 3.05) is 30.8 Å². The Labute approximate surface area is 121 Å².